The van der Waals surface area contributed by atoms with Gasteiger partial charge in [0, 0.05) is 11.3 Å². The summed E-state index contributed by atoms with van der Waals surface area (Å²) >= 11 is 12.5. The molecule has 0 fully saturated rings. The Balaban J connectivity index is 2.13. The fraction of sp³-hybridized carbons (Fsp3) is 0.0714. The normalized spacial score (nSPS) is 10.8. The Morgan fingerprint density at radius 1 is 1.29 bits per heavy atom. The maximum absolute atomic E-state index is 6.28. The molecule has 106 valence electrons. The lowest BCUT2D eigenvalue weighted by Gasteiger charge is -2.13. The lowest BCUT2D eigenvalue weighted by molar-refractivity contribution is 1.43. The van der Waals surface area contributed by atoms with Crippen molar-refractivity contribution in [2.75, 3.05) is 5.32 Å². The Morgan fingerprint density at radius 2 is 2.10 bits per heavy atom. The Hall–Kier alpha value is -1.76. The van der Waals surface area contributed by atoms with Gasteiger partial charge in [-0.25, -0.2) is 0 Å². The van der Waals surface area contributed by atoms with Gasteiger partial charge in [0.15, 0.2) is 0 Å². The van der Waals surface area contributed by atoms with E-state index in [-0.39, 0.29) is 0 Å². The molecule has 21 heavy (non-hydrogen) atoms. The van der Waals surface area contributed by atoms with Gasteiger partial charge in [-0.05, 0) is 31.2 Å². The number of anilines is 2. The molecule has 0 unspecified atom stereocenters. The van der Waals surface area contributed by atoms with Crippen molar-refractivity contribution in [2.24, 2.45) is 5.73 Å². The predicted octanol–water partition coefficient (Wildman–Crippen LogP) is 4.03. The average Bonchev–Trinajstić information content (AvgIpc) is 2.92. The van der Waals surface area contributed by atoms with Gasteiger partial charge in [-0.2, -0.15) is 8.75 Å². The highest BCUT2D eigenvalue weighted by Crippen LogP contribution is 2.33. The quantitative estimate of drug-likeness (QED) is 0.708. The minimum absolute atomic E-state index is 0.334. The number of nitrogens with one attached hydrogen (secondary N) is 1. The molecule has 3 rings (SSSR count). The zero-order valence-electron chi connectivity index (χ0n) is 11.1. The number of aromatic nitrogens is 2. The van der Waals surface area contributed by atoms with Crippen molar-refractivity contribution in [1.82, 2.24) is 8.75 Å². The Kier molecular flexibility index (Phi) is 3.75. The molecule has 0 aliphatic carbocycles. The molecule has 0 spiro atoms. The highest BCUT2D eigenvalue weighted by molar-refractivity contribution is 7.80. The first kappa shape index (κ1) is 14.2. The number of nitrogens with two attached hydrogens (primary N) is 1. The largest absolute Gasteiger partial charge is 0.389 e. The van der Waals surface area contributed by atoms with Crippen molar-refractivity contribution in [3.05, 3.63) is 46.5 Å². The van der Waals surface area contributed by atoms with E-state index in [9.17, 15) is 0 Å². The standard InChI is InChI=1S/C14H11ClN4S2/c1-7-2-4-10(8(6-7)14(16)20)17-12-9(15)3-5-11-13(12)19-21-18-11/h2-6,17H,1H3,(H2,16,20). The van der Waals surface area contributed by atoms with Crippen LogP contribution in [0, 0.1) is 6.92 Å². The van der Waals surface area contributed by atoms with Crippen LogP contribution >= 0.6 is 35.5 Å². The monoisotopic (exact) mass is 334 g/mol. The van der Waals surface area contributed by atoms with Crippen LogP contribution in [0.3, 0.4) is 0 Å². The highest BCUT2D eigenvalue weighted by atomic mass is 35.5. The van der Waals surface area contributed by atoms with E-state index in [2.05, 4.69) is 14.1 Å². The molecular weight excluding hydrogens is 324 g/mol. The highest BCUT2D eigenvalue weighted by Gasteiger charge is 2.13. The van der Waals surface area contributed by atoms with E-state index in [1.54, 1.807) is 6.07 Å². The number of rotatable bonds is 3. The molecule has 0 saturated carbocycles. The van der Waals surface area contributed by atoms with Gasteiger partial charge in [-0.15, -0.1) is 0 Å². The van der Waals surface area contributed by atoms with Crippen LogP contribution < -0.4 is 11.1 Å². The number of thiocarbonyl (C=S) groups is 1. The molecule has 1 aromatic heterocycles. The number of nitrogens with zero attached hydrogens (tertiary/aromatic N) is 2. The van der Waals surface area contributed by atoms with Crippen molar-refractivity contribution < 1.29 is 0 Å². The summed E-state index contributed by atoms with van der Waals surface area (Å²) in [6, 6.07) is 9.49. The van der Waals surface area contributed by atoms with Crippen LogP contribution in [0.1, 0.15) is 11.1 Å². The van der Waals surface area contributed by atoms with E-state index in [0.717, 1.165) is 39.6 Å². The van der Waals surface area contributed by atoms with Crippen LogP contribution in [-0.2, 0) is 0 Å². The van der Waals surface area contributed by atoms with Crippen LogP contribution in [0.4, 0.5) is 11.4 Å². The van der Waals surface area contributed by atoms with Gasteiger partial charge in [0.25, 0.3) is 0 Å². The first-order valence-electron chi connectivity index (χ1n) is 6.14. The smallest absolute Gasteiger partial charge is 0.129 e. The van der Waals surface area contributed by atoms with E-state index >= 15 is 0 Å². The summed E-state index contributed by atoms with van der Waals surface area (Å²) in [5.74, 6) is 0. The van der Waals surface area contributed by atoms with Crippen LogP contribution in [0.25, 0.3) is 11.0 Å². The van der Waals surface area contributed by atoms with Gasteiger partial charge in [0.1, 0.15) is 16.0 Å². The fourth-order valence-electron chi connectivity index (χ4n) is 2.05. The maximum atomic E-state index is 6.28. The van der Waals surface area contributed by atoms with Crippen molar-refractivity contribution in [1.29, 1.82) is 0 Å². The Morgan fingerprint density at radius 3 is 2.86 bits per heavy atom. The molecule has 0 aliphatic rings. The fourth-order valence-corrected chi connectivity index (χ4v) is 2.96. The van der Waals surface area contributed by atoms with Gasteiger partial charge in [0.2, 0.25) is 0 Å². The number of fused-ring (bicyclic) bond motifs is 1. The third kappa shape index (κ3) is 2.70. The number of halogens is 1. The van der Waals surface area contributed by atoms with Crippen molar-refractivity contribution in [3.8, 4) is 0 Å². The minimum atomic E-state index is 0.334. The van der Waals surface area contributed by atoms with Crippen molar-refractivity contribution in [3.63, 3.8) is 0 Å². The van der Waals surface area contributed by atoms with Crippen LogP contribution in [0.2, 0.25) is 5.02 Å². The molecule has 7 heteroatoms. The second kappa shape index (κ2) is 5.55. The van der Waals surface area contributed by atoms with E-state index < -0.39 is 0 Å². The van der Waals surface area contributed by atoms with Gasteiger partial charge in [-0.3, -0.25) is 0 Å². The first-order chi connectivity index (χ1) is 10.1. The summed E-state index contributed by atoms with van der Waals surface area (Å²) < 4.78 is 8.50. The summed E-state index contributed by atoms with van der Waals surface area (Å²) in [6.45, 7) is 1.99. The lowest BCUT2D eigenvalue weighted by atomic mass is 10.1. The van der Waals surface area contributed by atoms with Crippen LogP contribution in [0.5, 0.6) is 0 Å². The second-order valence-electron chi connectivity index (χ2n) is 4.59. The van der Waals surface area contributed by atoms with E-state index in [0.29, 0.717) is 15.7 Å². The van der Waals surface area contributed by atoms with Crippen LogP contribution in [-0.4, -0.2) is 13.7 Å². The number of aryl methyl sites for hydroxylation is 1. The van der Waals surface area contributed by atoms with E-state index in [1.165, 1.54) is 0 Å². The molecule has 0 amide bonds. The first-order valence-corrected chi connectivity index (χ1v) is 7.66. The summed E-state index contributed by atoms with van der Waals surface area (Å²) in [5.41, 5.74) is 10.7. The molecule has 4 nitrogen and oxygen atoms in total. The second-order valence-corrected chi connectivity index (χ2v) is 5.97. The molecule has 0 bridgehead atoms. The summed E-state index contributed by atoms with van der Waals surface area (Å²) in [4.78, 5) is 0.334. The minimum Gasteiger partial charge on any atom is -0.389 e. The molecule has 3 aromatic rings. The van der Waals surface area contributed by atoms with Crippen molar-refractivity contribution in [2.45, 2.75) is 6.92 Å². The summed E-state index contributed by atoms with van der Waals surface area (Å²) in [6.07, 6.45) is 0. The molecule has 3 N–H and O–H groups in total. The summed E-state index contributed by atoms with van der Waals surface area (Å²) in [7, 11) is 0. The SMILES string of the molecule is Cc1ccc(Nc2c(Cl)ccc3nsnc23)c(C(N)=S)c1. The summed E-state index contributed by atoms with van der Waals surface area (Å²) in [5, 5.41) is 3.86. The van der Waals surface area contributed by atoms with Gasteiger partial charge in [0.05, 0.1) is 22.4 Å². The molecule has 0 radical (unpaired) electrons. The Labute approximate surface area is 136 Å². The molecular formula is C14H11ClN4S2. The maximum Gasteiger partial charge on any atom is 0.129 e. The molecule has 1 heterocycles. The molecule has 0 atom stereocenters. The third-order valence-corrected chi connectivity index (χ3v) is 4.15. The zero-order chi connectivity index (χ0) is 15.0. The Bertz CT molecular complexity index is 844. The molecule has 2 aromatic carbocycles. The molecule has 0 aliphatic heterocycles. The van der Waals surface area contributed by atoms with E-state index in [1.807, 2.05) is 31.2 Å². The van der Waals surface area contributed by atoms with Crippen molar-refractivity contribution >= 4 is 62.9 Å². The average molecular weight is 335 g/mol. The number of benzene rings is 2. The van der Waals surface area contributed by atoms with Gasteiger partial charge >= 0.3 is 0 Å². The third-order valence-electron chi connectivity index (χ3n) is 3.08. The number of hydrogen-bond donors (Lipinski definition) is 2. The zero-order valence-corrected chi connectivity index (χ0v) is 13.4. The molecule has 0 saturated heterocycles. The number of hydrogen-bond acceptors (Lipinski definition) is 5. The van der Waals surface area contributed by atoms with Gasteiger partial charge in [-0.1, -0.05) is 35.4 Å². The lowest BCUT2D eigenvalue weighted by Crippen LogP contribution is -2.12. The predicted molar refractivity (Wildman–Crippen MR) is 92.8 cm³/mol. The topological polar surface area (TPSA) is 63.8 Å². The van der Waals surface area contributed by atoms with Gasteiger partial charge < -0.3 is 11.1 Å². The van der Waals surface area contributed by atoms with Crippen LogP contribution in [0.15, 0.2) is 30.3 Å². The van der Waals surface area contributed by atoms with E-state index in [4.69, 9.17) is 29.6 Å².